The summed E-state index contributed by atoms with van der Waals surface area (Å²) in [6.07, 6.45) is 5.68. The Hall–Kier alpha value is -1.80. The SMILES string of the molecule is Cc1nc(C2CC23CCN(S(=O)(=O)c2cccnc2)CC3)no1. The second-order valence-corrected chi connectivity index (χ2v) is 8.32. The molecule has 1 aliphatic heterocycles. The monoisotopic (exact) mass is 334 g/mol. The Labute approximate surface area is 134 Å². The number of pyridine rings is 1. The third kappa shape index (κ3) is 2.46. The van der Waals surface area contributed by atoms with Crippen LogP contribution in [0.2, 0.25) is 0 Å². The van der Waals surface area contributed by atoms with Crippen LogP contribution >= 0.6 is 0 Å². The van der Waals surface area contributed by atoms with E-state index in [4.69, 9.17) is 4.52 Å². The molecule has 0 bridgehead atoms. The van der Waals surface area contributed by atoms with E-state index in [1.807, 2.05) is 0 Å². The normalized spacial score (nSPS) is 24.0. The third-order valence-corrected chi connectivity index (χ3v) is 6.92. The van der Waals surface area contributed by atoms with Crippen molar-refractivity contribution >= 4 is 10.0 Å². The third-order valence-electron chi connectivity index (χ3n) is 5.04. The van der Waals surface area contributed by atoms with E-state index in [1.54, 1.807) is 29.6 Å². The first-order chi connectivity index (χ1) is 11.0. The van der Waals surface area contributed by atoms with Crippen LogP contribution in [-0.2, 0) is 10.0 Å². The molecule has 1 spiro atoms. The van der Waals surface area contributed by atoms with Crippen LogP contribution in [0.5, 0.6) is 0 Å². The van der Waals surface area contributed by atoms with Gasteiger partial charge in [-0.25, -0.2) is 8.42 Å². The van der Waals surface area contributed by atoms with Crippen LogP contribution < -0.4 is 0 Å². The minimum absolute atomic E-state index is 0.150. The minimum Gasteiger partial charge on any atom is -0.340 e. The fourth-order valence-corrected chi connectivity index (χ4v) is 4.95. The zero-order valence-corrected chi connectivity index (χ0v) is 13.7. The van der Waals surface area contributed by atoms with Gasteiger partial charge in [0.25, 0.3) is 0 Å². The first-order valence-electron chi connectivity index (χ1n) is 7.72. The van der Waals surface area contributed by atoms with Crippen LogP contribution in [-0.4, -0.2) is 40.9 Å². The summed E-state index contributed by atoms with van der Waals surface area (Å²) in [5.74, 6) is 1.66. The number of aromatic nitrogens is 3. The first kappa shape index (κ1) is 14.8. The molecule has 1 atom stereocenters. The highest BCUT2D eigenvalue weighted by Gasteiger charge is 2.58. The van der Waals surface area contributed by atoms with Crippen molar-refractivity contribution in [3.8, 4) is 0 Å². The second-order valence-electron chi connectivity index (χ2n) is 6.38. The second kappa shape index (κ2) is 5.10. The number of sulfonamides is 1. The predicted molar refractivity (Wildman–Crippen MR) is 81.1 cm³/mol. The highest BCUT2D eigenvalue weighted by atomic mass is 32.2. The van der Waals surface area contributed by atoms with Gasteiger partial charge in [-0.1, -0.05) is 5.16 Å². The maximum Gasteiger partial charge on any atom is 0.244 e. The lowest BCUT2D eigenvalue weighted by Gasteiger charge is -2.31. The summed E-state index contributed by atoms with van der Waals surface area (Å²) < 4.78 is 31.9. The Bertz CT molecular complexity index is 810. The molecule has 0 amide bonds. The van der Waals surface area contributed by atoms with Crippen molar-refractivity contribution in [3.05, 3.63) is 36.2 Å². The van der Waals surface area contributed by atoms with E-state index in [-0.39, 0.29) is 10.3 Å². The molecule has 2 fully saturated rings. The summed E-state index contributed by atoms with van der Waals surface area (Å²) in [5.41, 5.74) is 0.150. The molecule has 23 heavy (non-hydrogen) atoms. The number of hydrogen-bond acceptors (Lipinski definition) is 6. The average Bonchev–Trinajstić information content (AvgIpc) is 3.07. The van der Waals surface area contributed by atoms with Crippen LogP contribution in [0, 0.1) is 12.3 Å². The van der Waals surface area contributed by atoms with E-state index in [2.05, 4.69) is 15.1 Å². The molecule has 0 aromatic carbocycles. The summed E-state index contributed by atoms with van der Waals surface area (Å²) >= 11 is 0. The van der Waals surface area contributed by atoms with Crippen LogP contribution in [0.4, 0.5) is 0 Å². The molecule has 7 nitrogen and oxygen atoms in total. The van der Waals surface area contributed by atoms with Crippen molar-refractivity contribution in [2.75, 3.05) is 13.1 Å². The van der Waals surface area contributed by atoms with Gasteiger partial charge in [0, 0.05) is 38.3 Å². The lowest BCUT2D eigenvalue weighted by Crippen LogP contribution is -2.39. The van der Waals surface area contributed by atoms with Gasteiger partial charge in [-0.15, -0.1) is 0 Å². The summed E-state index contributed by atoms with van der Waals surface area (Å²) in [6.45, 7) is 2.85. The Kier molecular flexibility index (Phi) is 3.28. The van der Waals surface area contributed by atoms with E-state index in [0.717, 1.165) is 25.1 Å². The van der Waals surface area contributed by atoms with E-state index in [1.165, 1.54) is 6.20 Å². The fraction of sp³-hybridized carbons (Fsp3) is 0.533. The molecule has 2 aromatic heterocycles. The molecular weight excluding hydrogens is 316 g/mol. The average molecular weight is 334 g/mol. The standard InChI is InChI=1S/C15H18N4O3S/c1-11-17-14(18-22-11)13-9-15(13)4-7-19(8-5-15)23(20,21)12-3-2-6-16-10-12/h2-3,6,10,13H,4-5,7-9H2,1H3. The van der Waals surface area contributed by atoms with Crippen molar-refractivity contribution in [2.24, 2.45) is 5.41 Å². The highest BCUT2D eigenvalue weighted by molar-refractivity contribution is 7.89. The topological polar surface area (TPSA) is 89.2 Å². The minimum atomic E-state index is -3.44. The highest BCUT2D eigenvalue weighted by Crippen LogP contribution is 2.64. The molecule has 8 heteroatoms. The van der Waals surface area contributed by atoms with E-state index < -0.39 is 10.0 Å². The Morgan fingerprint density at radius 3 is 2.74 bits per heavy atom. The van der Waals surface area contributed by atoms with E-state index >= 15 is 0 Å². The zero-order chi connectivity index (χ0) is 16.1. The van der Waals surface area contributed by atoms with E-state index in [9.17, 15) is 8.42 Å². The Balaban J connectivity index is 1.46. The number of nitrogens with zero attached hydrogens (tertiary/aromatic N) is 4. The molecule has 1 saturated carbocycles. The van der Waals surface area contributed by atoms with Gasteiger partial charge in [0.15, 0.2) is 5.82 Å². The molecule has 0 N–H and O–H groups in total. The van der Waals surface area contributed by atoms with Gasteiger partial charge >= 0.3 is 0 Å². The zero-order valence-electron chi connectivity index (χ0n) is 12.8. The predicted octanol–water partition coefficient (Wildman–Crippen LogP) is 1.73. The van der Waals surface area contributed by atoms with Crippen molar-refractivity contribution in [1.29, 1.82) is 0 Å². The van der Waals surface area contributed by atoms with Gasteiger partial charge in [0.05, 0.1) is 0 Å². The van der Waals surface area contributed by atoms with Crippen molar-refractivity contribution in [1.82, 2.24) is 19.4 Å². The van der Waals surface area contributed by atoms with Crippen molar-refractivity contribution in [2.45, 2.75) is 37.0 Å². The van der Waals surface area contributed by atoms with Gasteiger partial charge in [0.1, 0.15) is 4.90 Å². The lowest BCUT2D eigenvalue weighted by molar-refractivity contribution is 0.249. The van der Waals surface area contributed by atoms with Crippen molar-refractivity contribution in [3.63, 3.8) is 0 Å². The van der Waals surface area contributed by atoms with Gasteiger partial charge in [-0.3, -0.25) is 4.98 Å². The molecule has 1 aliphatic carbocycles. The van der Waals surface area contributed by atoms with Gasteiger partial charge in [-0.2, -0.15) is 9.29 Å². The summed E-state index contributed by atoms with van der Waals surface area (Å²) in [7, 11) is -3.44. The quantitative estimate of drug-likeness (QED) is 0.849. The molecular formula is C15H18N4O3S. The molecule has 1 unspecified atom stereocenters. The van der Waals surface area contributed by atoms with Crippen LogP contribution in [0.1, 0.15) is 36.9 Å². The molecule has 2 aromatic rings. The summed E-state index contributed by atoms with van der Waals surface area (Å²) in [4.78, 5) is 8.49. The summed E-state index contributed by atoms with van der Waals surface area (Å²) in [5, 5.41) is 4.02. The van der Waals surface area contributed by atoms with E-state index in [0.29, 0.717) is 24.9 Å². The molecule has 122 valence electrons. The largest absolute Gasteiger partial charge is 0.340 e. The van der Waals surface area contributed by atoms with Gasteiger partial charge in [-0.05, 0) is 36.8 Å². The summed E-state index contributed by atoms with van der Waals surface area (Å²) in [6, 6.07) is 3.24. The number of piperidine rings is 1. The molecule has 3 heterocycles. The van der Waals surface area contributed by atoms with Crippen LogP contribution in [0.25, 0.3) is 0 Å². The number of rotatable bonds is 3. The maximum absolute atomic E-state index is 12.6. The molecule has 1 saturated heterocycles. The smallest absolute Gasteiger partial charge is 0.244 e. The molecule has 4 rings (SSSR count). The van der Waals surface area contributed by atoms with Gasteiger partial charge in [0.2, 0.25) is 15.9 Å². The fourth-order valence-electron chi connectivity index (χ4n) is 3.54. The Morgan fingerprint density at radius 2 is 2.13 bits per heavy atom. The van der Waals surface area contributed by atoms with Crippen LogP contribution in [0.3, 0.4) is 0 Å². The molecule has 2 aliphatic rings. The maximum atomic E-state index is 12.6. The lowest BCUT2D eigenvalue weighted by atomic mass is 9.92. The van der Waals surface area contributed by atoms with Crippen LogP contribution in [0.15, 0.2) is 33.9 Å². The first-order valence-corrected chi connectivity index (χ1v) is 9.16. The van der Waals surface area contributed by atoms with Gasteiger partial charge < -0.3 is 4.52 Å². The number of aryl methyl sites for hydroxylation is 1. The number of hydrogen-bond donors (Lipinski definition) is 0. The molecule has 0 radical (unpaired) electrons. The van der Waals surface area contributed by atoms with Crippen molar-refractivity contribution < 1.29 is 12.9 Å². The Morgan fingerprint density at radius 1 is 1.35 bits per heavy atom.